The molecular weight excluding hydrogens is 222 g/mol. The Morgan fingerprint density at radius 3 is 2.88 bits per heavy atom. The summed E-state index contributed by atoms with van der Waals surface area (Å²) in [5.41, 5.74) is 1.95. The second kappa shape index (κ2) is 4.09. The van der Waals surface area contributed by atoms with Crippen molar-refractivity contribution >= 4 is 12.2 Å². The Morgan fingerprint density at radius 1 is 1.50 bits per heavy atom. The van der Waals surface area contributed by atoms with Gasteiger partial charge in [-0.25, -0.2) is 0 Å². The Balaban J connectivity index is 2.63. The first-order valence-electron chi connectivity index (χ1n) is 5.08. The van der Waals surface area contributed by atoms with Crippen LogP contribution in [-0.4, -0.2) is 19.9 Å². The van der Waals surface area contributed by atoms with E-state index in [0.717, 1.165) is 23.5 Å². The highest BCUT2D eigenvalue weighted by Gasteiger charge is 2.10. The molecule has 0 bridgehead atoms. The Bertz CT molecular complexity index is 571. The number of nitrogens with zero attached hydrogens (tertiary/aromatic N) is 2. The molecular formula is C11H13N3OS. The summed E-state index contributed by atoms with van der Waals surface area (Å²) < 4.78 is 2.54. The lowest BCUT2D eigenvalue weighted by molar-refractivity contribution is 0.475. The zero-order valence-electron chi connectivity index (χ0n) is 9.19. The number of aromatic amines is 1. The molecule has 0 atom stereocenters. The van der Waals surface area contributed by atoms with Gasteiger partial charge in [-0.3, -0.25) is 5.10 Å². The van der Waals surface area contributed by atoms with E-state index in [0.29, 0.717) is 4.77 Å². The van der Waals surface area contributed by atoms with Crippen molar-refractivity contribution in [3.05, 3.63) is 28.5 Å². The van der Waals surface area contributed by atoms with Gasteiger partial charge in [0.15, 0.2) is 10.6 Å². The number of hydrogen-bond donors (Lipinski definition) is 2. The maximum Gasteiger partial charge on any atom is 0.195 e. The van der Waals surface area contributed by atoms with Crippen molar-refractivity contribution in [3.63, 3.8) is 0 Å². The summed E-state index contributed by atoms with van der Waals surface area (Å²) in [4.78, 5) is 0. The van der Waals surface area contributed by atoms with Crippen LogP contribution in [0, 0.1) is 11.7 Å². The average molecular weight is 235 g/mol. The van der Waals surface area contributed by atoms with Crippen LogP contribution in [0.25, 0.3) is 11.4 Å². The van der Waals surface area contributed by atoms with Crippen LogP contribution in [0.5, 0.6) is 5.75 Å². The number of aromatic nitrogens is 3. The lowest BCUT2D eigenvalue weighted by Crippen LogP contribution is -1.98. The molecule has 0 saturated carbocycles. The first-order chi connectivity index (χ1) is 7.63. The Hall–Kier alpha value is -1.62. The second-order valence-corrected chi connectivity index (χ2v) is 3.98. The van der Waals surface area contributed by atoms with E-state index in [1.807, 2.05) is 24.5 Å². The third-order valence-electron chi connectivity index (χ3n) is 2.53. The number of phenols is 1. The van der Waals surface area contributed by atoms with Gasteiger partial charge in [0.1, 0.15) is 5.75 Å². The minimum Gasteiger partial charge on any atom is -0.508 e. The Labute approximate surface area is 98.6 Å². The molecule has 5 heteroatoms. The van der Waals surface area contributed by atoms with Gasteiger partial charge < -0.3 is 9.67 Å². The standard InChI is InChI=1S/C11H13N3OS/c1-3-14-10(12-13-11(14)16)9-5-4-8(15)6-7(9)2/h4-6,15H,3H2,1-2H3,(H,13,16). The summed E-state index contributed by atoms with van der Waals surface area (Å²) in [6, 6.07) is 5.22. The van der Waals surface area contributed by atoms with Crippen LogP contribution in [0.4, 0.5) is 0 Å². The first kappa shape index (κ1) is 10.9. The van der Waals surface area contributed by atoms with Gasteiger partial charge in [0, 0.05) is 12.1 Å². The summed E-state index contributed by atoms with van der Waals surface area (Å²) in [5, 5.41) is 16.4. The molecule has 0 amide bonds. The molecule has 0 aliphatic carbocycles. The minimum atomic E-state index is 0.262. The number of H-pyrrole nitrogens is 1. The molecule has 2 aromatic rings. The fourth-order valence-corrected chi connectivity index (χ4v) is 1.98. The number of aromatic hydroxyl groups is 1. The quantitative estimate of drug-likeness (QED) is 0.787. The molecule has 0 radical (unpaired) electrons. The van der Waals surface area contributed by atoms with E-state index in [4.69, 9.17) is 12.2 Å². The van der Waals surface area contributed by atoms with Crippen molar-refractivity contribution in [1.82, 2.24) is 14.8 Å². The largest absolute Gasteiger partial charge is 0.508 e. The van der Waals surface area contributed by atoms with E-state index in [2.05, 4.69) is 10.2 Å². The third-order valence-corrected chi connectivity index (χ3v) is 2.84. The van der Waals surface area contributed by atoms with E-state index in [-0.39, 0.29) is 5.75 Å². The van der Waals surface area contributed by atoms with E-state index in [9.17, 15) is 5.11 Å². The third kappa shape index (κ3) is 1.74. The molecule has 16 heavy (non-hydrogen) atoms. The Morgan fingerprint density at radius 2 is 2.25 bits per heavy atom. The van der Waals surface area contributed by atoms with Crippen LogP contribution >= 0.6 is 12.2 Å². The molecule has 84 valence electrons. The highest BCUT2D eigenvalue weighted by molar-refractivity contribution is 7.71. The smallest absolute Gasteiger partial charge is 0.195 e. The van der Waals surface area contributed by atoms with Gasteiger partial charge in [0.05, 0.1) is 0 Å². The normalized spacial score (nSPS) is 10.6. The van der Waals surface area contributed by atoms with Crippen molar-refractivity contribution in [2.45, 2.75) is 20.4 Å². The summed E-state index contributed by atoms with van der Waals surface area (Å²) in [6.07, 6.45) is 0. The van der Waals surface area contributed by atoms with Gasteiger partial charge in [0.25, 0.3) is 0 Å². The maximum absolute atomic E-state index is 9.36. The molecule has 1 heterocycles. The number of hydrogen-bond acceptors (Lipinski definition) is 3. The predicted octanol–water partition coefficient (Wildman–Crippen LogP) is 2.64. The van der Waals surface area contributed by atoms with Gasteiger partial charge in [0.2, 0.25) is 0 Å². The molecule has 1 aromatic heterocycles. The fourth-order valence-electron chi connectivity index (χ4n) is 1.72. The SMILES string of the molecule is CCn1c(-c2ccc(O)cc2C)n[nH]c1=S. The van der Waals surface area contributed by atoms with Crippen LogP contribution in [0.15, 0.2) is 18.2 Å². The molecule has 0 unspecified atom stereocenters. The highest BCUT2D eigenvalue weighted by atomic mass is 32.1. The zero-order valence-corrected chi connectivity index (χ0v) is 10.0. The van der Waals surface area contributed by atoms with Gasteiger partial charge >= 0.3 is 0 Å². The lowest BCUT2D eigenvalue weighted by Gasteiger charge is -2.06. The van der Waals surface area contributed by atoms with Crippen LogP contribution in [0.2, 0.25) is 0 Å². The topological polar surface area (TPSA) is 53.8 Å². The molecule has 0 aliphatic rings. The molecule has 0 aliphatic heterocycles. The summed E-state index contributed by atoms with van der Waals surface area (Å²) in [6.45, 7) is 4.72. The van der Waals surface area contributed by atoms with Crippen molar-refractivity contribution in [2.24, 2.45) is 0 Å². The monoisotopic (exact) mass is 235 g/mol. The second-order valence-electron chi connectivity index (χ2n) is 3.60. The summed E-state index contributed by atoms with van der Waals surface area (Å²) in [7, 11) is 0. The molecule has 0 saturated heterocycles. The number of rotatable bonds is 2. The van der Waals surface area contributed by atoms with E-state index in [1.165, 1.54) is 0 Å². The molecule has 0 spiro atoms. The van der Waals surface area contributed by atoms with Gasteiger partial charge in [-0.05, 0) is 49.8 Å². The predicted molar refractivity (Wildman–Crippen MR) is 64.9 cm³/mol. The summed E-state index contributed by atoms with van der Waals surface area (Å²) >= 11 is 5.14. The van der Waals surface area contributed by atoms with Crippen LogP contribution in [0.3, 0.4) is 0 Å². The maximum atomic E-state index is 9.36. The number of phenolic OH excluding ortho intramolecular Hbond substituents is 1. The van der Waals surface area contributed by atoms with Gasteiger partial charge in [-0.1, -0.05) is 0 Å². The van der Waals surface area contributed by atoms with E-state index < -0.39 is 0 Å². The number of nitrogens with one attached hydrogen (secondary N) is 1. The van der Waals surface area contributed by atoms with Crippen LogP contribution < -0.4 is 0 Å². The average Bonchev–Trinajstić information content (AvgIpc) is 2.59. The zero-order chi connectivity index (χ0) is 11.7. The molecule has 0 fully saturated rings. The lowest BCUT2D eigenvalue weighted by atomic mass is 10.1. The number of aryl methyl sites for hydroxylation is 1. The summed E-state index contributed by atoms with van der Waals surface area (Å²) in [5.74, 6) is 1.07. The van der Waals surface area contributed by atoms with Crippen LogP contribution in [-0.2, 0) is 6.54 Å². The highest BCUT2D eigenvalue weighted by Crippen LogP contribution is 2.24. The molecule has 2 rings (SSSR count). The van der Waals surface area contributed by atoms with Crippen molar-refractivity contribution in [2.75, 3.05) is 0 Å². The number of benzene rings is 1. The molecule has 1 aromatic carbocycles. The Kier molecular flexibility index (Phi) is 2.78. The van der Waals surface area contributed by atoms with Crippen LogP contribution in [0.1, 0.15) is 12.5 Å². The van der Waals surface area contributed by atoms with E-state index in [1.54, 1.807) is 12.1 Å². The fraction of sp³-hybridized carbons (Fsp3) is 0.273. The van der Waals surface area contributed by atoms with Crippen molar-refractivity contribution in [1.29, 1.82) is 0 Å². The first-order valence-corrected chi connectivity index (χ1v) is 5.49. The van der Waals surface area contributed by atoms with Gasteiger partial charge in [-0.15, -0.1) is 0 Å². The van der Waals surface area contributed by atoms with E-state index >= 15 is 0 Å². The van der Waals surface area contributed by atoms with Crippen molar-refractivity contribution in [3.8, 4) is 17.1 Å². The van der Waals surface area contributed by atoms with Gasteiger partial charge in [-0.2, -0.15) is 5.10 Å². The molecule has 2 N–H and O–H groups in total. The molecule has 4 nitrogen and oxygen atoms in total. The van der Waals surface area contributed by atoms with Crippen molar-refractivity contribution < 1.29 is 5.11 Å². The minimum absolute atomic E-state index is 0.262.